The van der Waals surface area contributed by atoms with Crippen LogP contribution in [0, 0.1) is 5.92 Å². The summed E-state index contributed by atoms with van der Waals surface area (Å²) in [6.45, 7) is 4.04. The Balaban J connectivity index is 1.49. The number of likely N-dealkylation sites (tertiary alicyclic amines) is 1. The van der Waals surface area contributed by atoms with E-state index in [1.165, 1.54) is 6.42 Å². The molecule has 0 aromatic carbocycles. The van der Waals surface area contributed by atoms with Gasteiger partial charge < -0.3 is 9.64 Å². The average molecular weight is 292 g/mol. The van der Waals surface area contributed by atoms with E-state index in [0.29, 0.717) is 30.3 Å². The number of carbonyl (C=O) groups is 1. The van der Waals surface area contributed by atoms with Crippen molar-refractivity contribution in [3.63, 3.8) is 0 Å². The van der Waals surface area contributed by atoms with Crippen molar-refractivity contribution in [2.75, 3.05) is 31.2 Å². The second-order valence-corrected chi connectivity index (χ2v) is 6.88. The summed E-state index contributed by atoms with van der Waals surface area (Å²) in [5, 5.41) is 4.15. The molecule has 0 bridgehead atoms. The topological polar surface area (TPSA) is 32.8 Å². The molecule has 4 nitrogen and oxygen atoms in total. The van der Waals surface area contributed by atoms with Gasteiger partial charge in [0.05, 0.1) is 18.3 Å². The van der Waals surface area contributed by atoms with Gasteiger partial charge >= 0.3 is 0 Å². The van der Waals surface area contributed by atoms with Crippen molar-refractivity contribution in [3.8, 4) is 0 Å². The maximum Gasteiger partial charge on any atom is 0.228 e. The first-order chi connectivity index (χ1) is 9.83. The molecule has 4 rings (SSSR count). The van der Waals surface area contributed by atoms with Crippen LogP contribution < -0.4 is 4.90 Å². The van der Waals surface area contributed by atoms with E-state index in [9.17, 15) is 4.79 Å². The molecule has 20 heavy (non-hydrogen) atoms. The van der Waals surface area contributed by atoms with Crippen molar-refractivity contribution in [2.24, 2.45) is 5.92 Å². The first kappa shape index (κ1) is 12.8. The molecule has 0 radical (unpaired) electrons. The lowest BCUT2D eigenvalue weighted by Crippen LogP contribution is -2.39. The third kappa shape index (κ3) is 2.08. The van der Waals surface area contributed by atoms with E-state index in [-0.39, 0.29) is 0 Å². The van der Waals surface area contributed by atoms with E-state index >= 15 is 0 Å². The summed E-state index contributed by atoms with van der Waals surface area (Å²) < 4.78 is 5.48. The fourth-order valence-corrected chi connectivity index (χ4v) is 4.57. The highest BCUT2D eigenvalue weighted by Crippen LogP contribution is 2.37. The molecular weight excluding hydrogens is 272 g/mol. The molecule has 0 saturated carbocycles. The second-order valence-electron chi connectivity index (χ2n) is 6.10. The van der Waals surface area contributed by atoms with Crippen LogP contribution in [0.2, 0.25) is 0 Å². The minimum absolute atomic E-state index is 0.297. The SMILES string of the molecule is O=C1C[C@H]2[C@@H](CCN2C[C@@H]2CCOC2)N1c1ccsc1. The highest BCUT2D eigenvalue weighted by atomic mass is 32.1. The van der Waals surface area contributed by atoms with Crippen molar-refractivity contribution < 1.29 is 9.53 Å². The molecule has 0 N–H and O–H groups in total. The maximum absolute atomic E-state index is 12.3. The Morgan fingerprint density at radius 2 is 2.30 bits per heavy atom. The normalized spacial score (nSPS) is 34.1. The van der Waals surface area contributed by atoms with Crippen molar-refractivity contribution in [1.29, 1.82) is 0 Å². The lowest BCUT2D eigenvalue weighted by molar-refractivity contribution is -0.117. The van der Waals surface area contributed by atoms with Gasteiger partial charge in [-0.2, -0.15) is 11.3 Å². The average Bonchev–Trinajstić information content (AvgIpc) is 3.16. The Labute approximate surface area is 123 Å². The summed E-state index contributed by atoms with van der Waals surface area (Å²) in [5.74, 6) is 0.963. The molecule has 3 aliphatic rings. The Kier molecular flexibility index (Phi) is 3.28. The number of carbonyl (C=O) groups excluding carboxylic acids is 1. The number of hydrogen-bond donors (Lipinski definition) is 0. The molecule has 0 unspecified atom stereocenters. The van der Waals surface area contributed by atoms with Gasteiger partial charge in [-0.1, -0.05) is 0 Å². The van der Waals surface area contributed by atoms with Crippen LogP contribution in [-0.4, -0.2) is 49.2 Å². The molecule has 108 valence electrons. The molecule has 5 heteroatoms. The molecule has 3 saturated heterocycles. The van der Waals surface area contributed by atoms with Gasteiger partial charge in [0.2, 0.25) is 5.91 Å². The van der Waals surface area contributed by atoms with E-state index in [2.05, 4.69) is 21.7 Å². The fourth-order valence-electron chi connectivity index (χ4n) is 3.94. The van der Waals surface area contributed by atoms with Gasteiger partial charge in [0.1, 0.15) is 0 Å². The lowest BCUT2D eigenvalue weighted by atomic mass is 10.1. The number of ether oxygens (including phenoxy) is 1. The smallest absolute Gasteiger partial charge is 0.228 e. The minimum Gasteiger partial charge on any atom is -0.381 e. The summed E-state index contributed by atoms with van der Waals surface area (Å²) in [4.78, 5) is 16.9. The minimum atomic E-state index is 0.297. The van der Waals surface area contributed by atoms with Gasteiger partial charge in [0, 0.05) is 37.5 Å². The predicted octanol–water partition coefficient (Wildman–Crippen LogP) is 1.96. The zero-order chi connectivity index (χ0) is 13.5. The van der Waals surface area contributed by atoms with E-state index < -0.39 is 0 Å². The van der Waals surface area contributed by atoms with Gasteiger partial charge in [-0.05, 0) is 30.2 Å². The number of rotatable bonds is 3. The van der Waals surface area contributed by atoms with Crippen LogP contribution in [0.15, 0.2) is 16.8 Å². The zero-order valence-corrected chi connectivity index (χ0v) is 12.3. The monoisotopic (exact) mass is 292 g/mol. The van der Waals surface area contributed by atoms with Gasteiger partial charge in [-0.15, -0.1) is 0 Å². The summed E-state index contributed by atoms with van der Waals surface area (Å²) >= 11 is 1.67. The molecule has 0 spiro atoms. The van der Waals surface area contributed by atoms with Crippen LogP contribution in [0.25, 0.3) is 0 Å². The maximum atomic E-state index is 12.3. The highest BCUT2D eigenvalue weighted by Gasteiger charge is 2.47. The van der Waals surface area contributed by atoms with Crippen LogP contribution in [0.4, 0.5) is 5.69 Å². The molecule has 1 amide bonds. The van der Waals surface area contributed by atoms with E-state index in [1.807, 2.05) is 4.90 Å². The molecule has 3 fully saturated rings. The summed E-state index contributed by atoms with van der Waals surface area (Å²) in [5.41, 5.74) is 1.10. The van der Waals surface area contributed by atoms with Crippen LogP contribution in [0.3, 0.4) is 0 Å². The molecule has 3 atom stereocenters. The number of fused-ring (bicyclic) bond motifs is 1. The van der Waals surface area contributed by atoms with Gasteiger partial charge in [0.15, 0.2) is 0 Å². The summed E-state index contributed by atoms with van der Waals surface area (Å²) in [6.07, 6.45) is 2.98. The molecule has 1 aromatic rings. The Morgan fingerprint density at radius 3 is 3.05 bits per heavy atom. The summed E-state index contributed by atoms with van der Waals surface area (Å²) in [7, 11) is 0. The van der Waals surface area contributed by atoms with Crippen LogP contribution in [0.5, 0.6) is 0 Å². The Hall–Kier alpha value is -0.910. The van der Waals surface area contributed by atoms with Crippen molar-refractivity contribution >= 4 is 22.9 Å². The Morgan fingerprint density at radius 1 is 1.35 bits per heavy atom. The van der Waals surface area contributed by atoms with Gasteiger partial charge in [0.25, 0.3) is 0 Å². The Bertz CT molecular complexity index is 484. The van der Waals surface area contributed by atoms with Crippen LogP contribution in [-0.2, 0) is 9.53 Å². The third-order valence-corrected chi connectivity index (χ3v) is 5.58. The molecule has 4 heterocycles. The molecule has 1 aromatic heterocycles. The number of thiophene rings is 1. The molecule has 3 aliphatic heterocycles. The van der Waals surface area contributed by atoms with Crippen LogP contribution in [0.1, 0.15) is 19.3 Å². The summed E-state index contributed by atoms with van der Waals surface area (Å²) in [6, 6.07) is 2.88. The third-order valence-electron chi connectivity index (χ3n) is 4.91. The van der Waals surface area contributed by atoms with E-state index in [1.54, 1.807) is 11.3 Å². The largest absolute Gasteiger partial charge is 0.381 e. The van der Waals surface area contributed by atoms with E-state index in [4.69, 9.17) is 4.74 Å². The van der Waals surface area contributed by atoms with Crippen molar-refractivity contribution in [2.45, 2.75) is 31.3 Å². The molecular formula is C15H20N2O2S. The van der Waals surface area contributed by atoms with Gasteiger partial charge in [-0.3, -0.25) is 9.69 Å². The van der Waals surface area contributed by atoms with E-state index in [0.717, 1.165) is 38.4 Å². The first-order valence-electron chi connectivity index (χ1n) is 7.49. The zero-order valence-electron chi connectivity index (χ0n) is 11.5. The van der Waals surface area contributed by atoms with Crippen molar-refractivity contribution in [1.82, 2.24) is 4.90 Å². The van der Waals surface area contributed by atoms with Gasteiger partial charge in [-0.25, -0.2) is 0 Å². The first-order valence-corrected chi connectivity index (χ1v) is 8.43. The quantitative estimate of drug-likeness (QED) is 0.854. The fraction of sp³-hybridized carbons (Fsp3) is 0.667. The van der Waals surface area contributed by atoms with Crippen molar-refractivity contribution in [3.05, 3.63) is 16.8 Å². The highest BCUT2D eigenvalue weighted by molar-refractivity contribution is 7.08. The molecule has 0 aliphatic carbocycles. The number of anilines is 1. The number of amides is 1. The van der Waals surface area contributed by atoms with Crippen LogP contribution >= 0.6 is 11.3 Å². The standard InChI is InChI=1S/C15H20N2O2S/c18-15-7-14-13(17(15)12-3-6-20-10-12)1-4-16(14)8-11-2-5-19-9-11/h3,6,10-11,13-14H,1-2,4-5,7-9H2/t11-,13+,14-/m0/s1. The number of nitrogens with zero attached hydrogens (tertiary/aromatic N) is 2. The lowest BCUT2D eigenvalue weighted by Gasteiger charge is -2.26. The predicted molar refractivity (Wildman–Crippen MR) is 79.1 cm³/mol. The number of hydrogen-bond acceptors (Lipinski definition) is 4. The second kappa shape index (κ2) is 5.13.